The third-order valence-corrected chi connectivity index (χ3v) is 7.91. The van der Waals surface area contributed by atoms with E-state index in [1.54, 1.807) is 65.5 Å². The molecule has 1 aliphatic carbocycles. The summed E-state index contributed by atoms with van der Waals surface area (Å²) in [5.41, 5.74) is 1.00. The second-order valence-corrected chi connectivity index (χ2v) is 10.7. The van der Waals surface area contributed by atoms with Gasteiger partial charge in [-0.25, -0.2) is 0 Å². The van der Waals surface area contributed by atoms with Crippen molar-refractivity contribution in [2.75, 3.05) is 21.3 Å². The molecule has 0 radical (unpaired) electrons. The van der Waals surface area contributed by atoms with Gasteiger partial charge in [-0.1, -0.05) is 31.2 Å². The van der Waals surface area contributed by atoms with Gasteiger partial charge in [0.2, 0.25) is 0 Å². The van der Waals surface area contributed by atoms with E-state index >= 15 is 0 Å². The number of methoxy groups -OCH3 is 3. The van der Waals surface area contributed by atoms with Gasteiger partial charge in [-0.2, -0.15) is 0 Å². The molecule has 3 rings (SSSR count). The molecular weight excluding hydrogens is 540 g/mol. The predicted molar refractivity (Wildman–Crippen MR) is 158 cm³/mol. The average Bonchev–Trinajstić information content (AvgIpc) is 2.96. The Morgan fingerprint density at radius 2 is 1.43 bits per heavy atom. The van der Waals surface area contributed by atoms with E-state index in [-0.39, 0.29) is 5.92 Å². The maximum absolute atomic E-state index is 13.1. The largest absolute Gasteiger partial charge is 0.497 e. The molecule has 226 valence electrons. The zero-order chi connectivity index (χ0) is 31.2. The monoisotopic (exact) mass is 580 g/mol. The Kier molecular flexibility index (Phi) is 10.4. The molecule has 1 aliphatic rings. The van der Waals surface area contributed by atoms with Crippen molar-refractivity contribution in [2.24, 2.45) is 11.3 Å². The maximum atomic E-state index is 13.1. The number of hydrogen-bond donors (Lipinski definition) is 1. The molecule has 9 heteroatoms. The van der Waals surface area contributed by atoms with Crippen molar-refractivity contribution in [2.45, 2.75) is 59.2 Å². The lowest BCUT2D eigenvalue weighted by Gasteiger charge is -2.47. The molecule has 2 aromatic rings. The van der Waals surface area contributed by atoms with Crippen LogP contribution in [0.1, 0.15) is 58.1 Å². The topological polar surface area (TPSA) is 118 Å². The van der Waals surface area contributed by atoms with E-state index in [0.717, 1.165) is 11.1 Å². The second-order valence-electron chi connectivity index (χ2n) is 10.7. The molecule has 5 atom stereocenters. The zero-order valence-corrected chi connectivity index (χ0v) is 25.4. The summed E-state index contributed by atoms with van der Waals surface area (Å²) in [4.78, 5) is 37.9. The highest BCUT2D eigenvalue weighted by Crippen LogP contribution is 2.50. The van der Waals surface area contributed by atoms with Crippen LogP contribution < -0.4 is 14.2 Å². The standard InChI is InChI=1S/C33H40O9/c1-19(24-16-26(39-7)18-27(17-24)40-8)15-28-30(41-21(3)34)20(2)29(14-11-23-9-12-25(38-6)13-10-23)33(5,32(36)37)31(28)42-22(4)35/h9-14,16-19,28,30-31H,15H2,1-8H3,(H,36,37)/b14-11-. The van der Waals surface area contributed by atoms with Crippen LogP contribution in [-0.4, -0.2) is 56.6 Å². The van der Waals surface area contributed by atoms with Crippen molar-refractivity contribution in [3.63, 3.8) is 0 Å². The number of carbonyl (C=O) groups excluding carboxylic acids is 2. The van der Waals surface area contributed by atoms with Crippen molar-refractivity contribution in [1.29, 1.82) is 0 Å². The highest BCUT2D eigenvalue weighted by Gasteiger charge is 2.57. The molecule has 42 heavy (non-hydrogen) atoms. The van der Waals surface area contributed by atoms with Gasteiger partial charge in [0.25, 0.3) is 0 Å². The predicted octanol–water partition coefficient (Wildman–Crippen LogP) is 5.82. The minimum atomic E-state index is -1.65. The number of carboxylic acid groups (broad SMARTS) is 1. The lowest BCUT2D eigenvalue weighted by molar-refractivity contribution is -0.177. The number of hydrogen-bond acceptors (Lipinski definition) is 8. The third kappa shape index (κ3) is 6.95. The molecule has 0 saturated heterocycles. The van der Waals surface area contributed by atoms with E-state index in [2.05, 4.69) is 0 Å². The molecule has 0 amide bonds. The summed E-state index contributed by atoms with van der Waals surface area (Å²) in [6.45, 7) is 7.84. The van der Waals surface area contributed by atoms with Gasteiger partial charge in [0.05, 0.1) is 21.3 Å². The Morgan fingerprint density at radius 3 is 1.90 bits per heavy atom. The average molecular weight is 581 g/mol. The summed E-state index contributed by atoms with van der Waals surface area (Å²) in [6.07, 6.45) is 1.82. The summed E-state index contributed by atoms with van der Waals surface area (Å²) in [6, 6.07) is 12.8. The van der Waals surface area contributed by atoms with Gasteiger partial charge in [-0.3, -0.25) is 14.4 Å². The Balaban J connectivity index is 2.18. The smallest absolute Gasteiger partial charge is 0.317 e. The van der Waals surface area contributed by atoms with Gasteiger partial charge in [-0.05, 0) is 72.7 Å². The first-order valence-corrected chi connectivity index (χ1v) is 13.7. The van der Waals surface area contributed by atoms with E-state index in [1.807, 2.05) is 31.2 Å². The van der Waals surface area contributed by atoms with E-state index in [9.17, 15) is 19.5 Å². The summed E-state index contributed by atoms with van der Waals surface area (Å²) in [7, 11) is 4.70. The fraction of sp³-hybridized carbons (Fsp3) is 0.424. The molecule has 0 aromatic heterocycles. The Morgan fingerprint density at radius 1 is 0.881 bits per heavy atom. The van der Waals surface area contributed by atoms with Crippen molar-refractivity contribution in [1.82, 2.24) is 0 Å². The number of esters is 2. The Bertz CT molecular complexity index is 1340. The Hall–Kier alpha value is -4.27. The van der Waals surface area contributed by atoms with E-state index in [1.165, 1.54) is 13.8 Å². The minimum absolute atomic E-state index is 0.183. The SMILES string of the molecule is COc1ccc(/C=C\C2=C(C)C(OC(C)=O)C(CC(C)c3cc(OC)cc(OC)c3)C(OC(C)=O)C2(C)C(=O)O)cc1. The first kappa shape index (κ1) is 32.2. The van der Waals surface area contributed by atoms with Crippen LogP contribution in [0.3, 0.4) is 0 Å². The van der Waals surface area contributed by atoms with E-state index in [4.69, 9.17) is 23.7 Å². The molecule has 0 heterocycles. The first-order valence-electron chi connectivity index (χ1n) is 13.7. The van der Waals surface area contributed by atoms with Crippen LogP contribution in [0.25, 0.3) is 6.08 Å². The normalized spacial score (nSPS) is 22.8. The molecule has 0 fully saturated rings. The molecular formula is C33H40O9. The van der Waals surface area contributed by atoms with Crippen LogP contribution >= 0.6 is 0 Å². The van der Waals surface area contributed by atoms with Crippen LogP contribution in [-0.2, 0) is 23.9 Å². The number of carboxylic acids is 1. The molecule has 0 saturated carbocycles. The number of aliphatic carboxylic acids is 1. The lowest BCUT2D eigenvalue weighted by atomic mass is 9.61. The lowest BCUT2D eigenvalue weighted by Crippen LogP contribution is -2.55. The Labute approximate surface area is 247 Å². The van der Waals surface area contributed by atoms with Crippen LogP contribution in [0, 0.1) is 11.3 Å². The fourth-order valence-corrected chi connectivity index (χ4v) is 5.70. The molecule has 9 nitrogen and oxygen atoms in total. The second kappa shape index (κ2) is 13.6. The quantitative estimate of drug-likeness (QED) is 0.328. The van der Waals surface area contributed by atoms with Crippen molar-refractivity contribution < 1.29 is 43.2 Å². The first-order chi connectivity index (χ1) is 19.8. The van der Waals surface area contributed by atoms with Crippen LogP contribution in [0.4, 0.5) is 0 Å². The fourth-order valence-electron chi connectivity index (χ4n) is 5.70. The van der Waals surface area contributed by atoms with Gasteiger partial charge in [0, 0.05) is 25.8 Å². The number of benzene rings is 2. The highest BCUT2D eigenvalue weighted by atomic mass is 16.6. The van der Waals surface area contributed by atoms with Crippen LogP contribution in [0.15, 0.2) is 59.7 Å². The highest BCUT2D eigenvalue weighted by molar-refractivity contribution is 5.83. The zero-order valence-electron chi connectivity index (χ0n) is 25.4. The van der Waals surface area contributed by atoms with Gasteiger partial charge < -0.3 is 28.8 Å². The van der Waals surface area contributed by atoms with Gasteiger partial charge >= 0.3 is 17.9 Å². The van der Waals surface area contributed by atoms with Crippen molar-refractivity contribution in [3.05, 3.63) is 70.8 Å². The molecule has 5 unspecified atom stereocenters. The molecule has 2 aromatic carbocycles. The number of allylic oxidation sites excluding steroid dienone is 1. The van der Waals surface area contributed by atoms with Crippen molar-refractivity contribution in [3.8, 4) is 17.2 Å². The third-order valence-electron chi connectivity index (χ3n) is 7.91. The number of ether oxygens (including phenoxy) is 5. The van der Waals surface area contributed by atoms with Crippen molar-refractivity contribution >= 4 is 24.0 Å². The van der Waals surface area contributed by atoms with E-state index in [0.29, 0.717) is 34.8 Å². The number of rotatable bonds is 11. The minimum Gasteiger partial charge on any atom is -0.497 e. The summed E-state index contributed by atoms with van der Waals surface area (Å²) < 4.78 is 27.8. The summed E-state index contributed by atoms with van der Waals surface area (Å²) >= 11 is 0. The molecule has 0 bridgehead atoms. The van der Waals surface area contributed by atoms with Gasteiger partial charge in [0.15, 0.2) is 0 Å². The molecule has 0 aliphatic heterocycles. The van der Waals surface area contributed by atoms with Crippen LogP contribution in [0.2, 0.25) is 0 Å². The van der Waals surface area contributed by atoms with Crippen LogP contribution in [0.5, 0.6) is 17.2 Å². The summed E-state index contributed by atoms with van der Waals surface area (Å²) in [5, 5.41) is 10.7. The molecule has 1 N–H and O–H groups in total. The maximum Gasteiger partial charge on any atom is 0.317 e. The number of carbonyl (C=O) groups is 3. The van der Waals surface area contributed by atoms with Gasteiger partial charge in [-0.15, -0.1) is 0 Å². The van der Waals surface area contributed by atoms with Gasteiger partial charge in [0.1, 0.15) is 34.9 Å². The van der Waals surface area contributed by atoms with E-state index < -0.39 is 41.4 Å². The summed E-state index contributed by atoms with van der Waals surface area (Å²) in [5.74, 6) is -1.29. The molecule has 0 spiro atoms.